The van der Waals surface area contributed by atoms with Crippen LogP contribution in [0.1, 0.15) is 0 Å². The van der Waals surface area contributed by atoms with Crippen LogP contribution in [0.5, 0.6) is 11.5 Å². The standard InChI is InChI=1S/C8H9O2.BrH.Mg/c1-9-7-4-3-5-8(6-7)10-2;;/h4-6H,1-2H3;1H;/q-1;;+2/p-1. The molecule has 62 valence electrons. The van der Waals surface area contributed by atoms with Gasteiger partial charge in [0.15, 0.2) is 0 Å². The average Bonchev–Trinajstić information content (AvgIpc) is 2.05. The molecule has 0 aliphatic rings. The van der Waals surface area contributed by atoms with E-state index in [9.17, 15) is 0 Å². The molecule has 0 aliphatic carbocycles. The zero-order chi connectivity index (χ0) is 7.40. The molecule has 0 amide bonds. The summed E-state index contributed by atoms with van der Waals surface area (Å²) in [6.45, 7) is 0. The molecule has 2 nitrogen and oxygen atoms in total. The molecule has 0 atom stereocenters. The Balaban J connectivity index is 0. The molecular formula is C8H9BrMgO2. The van der Waals surface area contributed by atoms with E-state index in [4.69, 9.17) is 9.47 Å². The molecule has 0 heterocycles. The summed E-state index contributed by atoms with van der Waals surface area (Å²) in [5.41, 5.74) is 0. The van der Waals surface area contributed by atoms with E-state index in [1.165, 1.54) is 0 Å². The van der Waals surface area contributed by atoms with Crippen LogP contribution in [0.25, 0.3) is 0 Å². The fraction of sp³-hybridized carbons (Fsp3) is 0.250. The van der Waals surface area contributed by atoms with Crippen LogP contribution >= 0.6 is 0 Å². The topological polar surface area (TPSA) is 18.5 Å². The number of methoxy groups -OCH3 is 2. The maximum atomic E-state index is 4.95. The van der Waals surface area contributed by atoms with Crippen LogP contribution in [0, 0.1) is 6.07 Å². The van der Waals surface area contributed by atoms with E-state index in [1.54, 1.807) is 32.4 Å². The molecule has 1 rings (SSSR count). The predicted octanol–water partition coefficient (Wildman–Crippen LogP) is -1.87. The molecule has 0 aliphatic heterocycles. The molecule has 0 radical (unpaired) electrons. The van der Waals surface area contributed by atoms with Crippen LogP contribution in [0.2, 0.25) is 0 Å². The van der Waals surface area contributed by atoms with Crippen LogP contribution in [-0.4, -0.2) is 37.3 Å². The Morgan fingerprint density at radius 3 is 1.83 bits per heavy atom. The molecule has 1 aromatic rings. The quantitative estimate of drug-likeness (QED) is 0.446. The molecular weight excluding hydrogens is 232 g/mol. The van der Waals surface area contributed by atoms with Crippen molar-refractivity contribution in [3.63, 3.8) is 0 Å². The smallest absolute Gasteiger partial charge is 1.00 e. The normalized spacial score (nSPS) is 7.50. The van der Waals surface area contributed by atoms with Gasteiger partial charge in [-0.25, -0.2) is 0 Å². The van der Waals surface area contributed by atoms with E-state index < -0.39 is 0 Å². The first-order valence-corrected chi connectivity index (χ1v) is 2.96. The van der Waals surface area contributed by atoms with E-state index in [0.29, 0.717) is 0 Å². The van der Waals surface area contributed by atoms with Gasteiger partial charge >= 0.3 is 23.1 Å². The summed E-state index contributed by atoms with van der Waals surface area (Å²) in [6, 6.07) is 8.19. The minimum absolute atomic E-state index is 0. The van der Waals surface area contributed by atoms with Crippen molar-refractivity contribution in [3.05, 3.63) is 24.3 Å². The van der Waals surface area contributed by atoms with Crippen LogP contribution < -0.4 is 26.5 Å². The Bertz CT molecular complexity index is 199. The Labute approximate surface area is 99.2 Å². The summed E-state index contributed by atoms with van der Waals surface area (Å²) < 4.78 is 9.89. The molecule has 0 bridgehead atoms. The van der Waals surface area contributed by atoms with E-state index in [2.05, 4.69) is 6.07 Å². The number of benzene rings is 1. The van der Waals surface area contributed by atoms with Crippen LogP contribution in [0.4, 0.5) is 0 Å². The summed E-state index contributed by atoms with van der Waals surface area (Å²) in [7, 11) is 3.23. The van der Waals surface area contributed by atoms with Crippen molar-refractivity contribution in [3.8, 4) is 11.5 Å². The van der Waals surface area contributed by atoms with Gasteiger partial charge in [0.25, 0.3) is 0 Å². The maximum absolute atomic E-state index is 4.95. The monoisotopic (exact) mass is 240 g/mol. The molecule has 0 saturated heterocycles. The zero-order valence-electron chi connectivity index (χ0n) is 7.13. The van der Waals surface area contributed by atoms with Crippen molar-refractivity contribution in [2.75, 3.05) is 14.2 Å². The van der Waals surface area contributed by atoms with E-state index >= 15 is 0 Å². The van der Waals surface area contributed by atoms with Gasteiger partial charge in [0.2, 0.25) is 0 Å². The van der Waals surface area contributed by atoms with Crippen LogP contribution in [0.3, 0.4) is 0 Å². The fourth-order valence-electron chi connectivity index (χ4n) is 0.665. The van der Waals surface area contributed by atoms with Gasteiger partial charge in [0.05, 0.1) is 14.2 Å². The molecule has 0 aromatic heterocycles. The number of halogens is 1. The first-order chi connectivity index (χ1) is 4.86. The Hall–Kier alpha value is 0.0662. The fourth-order valence-corrected chi connectivity index (χ4v) is 0.665. The summed E-state index contributed by atoms with van der Waals surface area (Å²) in [6.07, 6.45) is 0. The van der Waals surface area contributed by atoms with Crippen molar-refractivity contribution >= 4 is 23.1 Å². The van der Waals surface area contributed by atoms with Gasteiger partial charge < -0.3 is 26.5 Å². The Kier molecular flexibility index (Phi) is 9.36. The molecule has 0 fully saturated rings. The summed E-state index contributed by atoms with van der Waals surface area (Å²) in [5, 5.41) is 0. The van der Waals surface area contributed by atoms with Crippen LogP contribution in [0.15, 0.2) is 18.2 Å². The maximum Gasteiger partial charge on any atom is 2.00 e. The zero-order valence-corrected chi connectivity index (χ0v) is 10.1. The van der Waals surface area contributed by atoms with Crippen molar-refractivity contribution in [1.29, 1.82) is 0 Å². The largest absolute Gasteiger partial charge is 2.00 e. The van der Waals surface area contributed by atoms with Gasteiger partial charge in [-0.05, 0) is 0 Å². The summed E-state index contributed by atoms with van der Waals surface area (Å²) in [5.74, 6) is 1.53. The van der Waals surface area contributed by atoms with Crippen molar-refractivity contribution in [2.45, 2.75) is 0 Å². The van der Waals surface area contributed by atoms with Crippen molar-refractivity contribution in [1.82, 2.24) is 0 Å². The second-order valence-corrected chi connectivity index (χ2v) is 1.81. The minimum Gasteiger partial charge on any atom is -1.00 e. The van der Waals surface area contributed by atoms with Gasteiger partial charge in [-0.2, -0.15) is 6.07 Å². The molecule has 0 saturated carbocycles. The molecule has 0 spiro atoms. The minimum atomic E-state index is 0. The first kappa shape index (κ1) is 14.6. The van der Waals surface area contributed by atoms with E-state index in [0.717, 1.165) is 11.5 Å². The number of hydrogen-bond donors (Lipinski definition) is 0. The van der Waals surface area contributed by atoms with Crippen molar-refractivity contribution in [2.24, 2.45) is 0 Å². The van der Waals surface area contributed by atoms with Gasteiger partial charge in [-0.3, -0.25) is 0 Å². The van der Waals surface area contributed by atoms with Gasteiger partial charge in [0, 0.05) is 11.5 Å². The third-order valence-electron chi connectivity index (χ3n) is 1.21. The van der Waals surface area contributed by atoms with E-state index in [-0.39, 0.29) is 40.0 Å². The Morgan fingerprint density at radius 1 is 1.08 bits per heavy atom. The van der Waals surface area contributed by atoms with Gasteiger partial charge in [-0.15, -0.1) is 12.1 Å². The van der Waals surface area contributed by atoms with Crippen LogP contribution in [-0.2, 0) is 0 Å². The number of ether oxygens (including phenoxy) is 2. The summed E-state index contributed by atoms with van der Waals surface area (Å²) >= 11 is 0. The molecule has 0 N–H and O–H groups in total. The number of rotatable bonds is 2. The van der Waals surface area contributed by atoms with E-state index in [1.807, 2.05) is 0 Å². The molecule has 12 heavy (non-hydrogen) atoms. The Morgan fingerprint density at radius 2 is 1.50 bits per heavy atom. The third kappa shape index (κ3) is 4.18. The summed E-state index contributed by atoms with van der Waals surface area (Å²) in [4.78, 5) is 0. The average molecular weight is 241 g/mol. The third-order valence-corrected chi connectivity index (χ3v) is 1.21. The number of hydrogen-bond acceptors (Lipinski definition) is 2. The van der Waals surface area contributed by atoms with Gasteiger partial charge in [0.1, 0.15) is 0 Å². The second kappa shape index (κ2) is 7.70. The second-order valence-electron chi connectivity index (χ2n) is 1.81. The molecule has 1 aromatic carbocycles. The SMILES string of the molecule is COc1c[c-]cc(OC)c1.[Br-].[Mg+2]. The first-order valence-electron chi connectivity index (χ1n) is 2.96. The van der Waals surface area contributed by atoms with Crippen molar-refractivity contribution < 1.29 is 26.5 Å². The van der Waals surface area contributed by atoms with Gasteiger partial charge in [-0.1, -0.05) is 6.07 Å². The predicted molar refractivity (Wildman–Crippen MR) is 44.1 cm³/mol. The molecule has 4 heteroatoms. The molecule has 0 unspecified atom stereocenters.